The summed E-state index contributed by atoms with van der Waals surface area (Å²) in [5, 5.41) is 50.8. The van der Waals surface area contributed by atoms with Gasteiger partial charge in [0.05, 0.1) is 25.4 Å². The summed E-state index contributed by atoms with van der Waals surface area (Å²) in [6.45, 7) is -1.53. The largest absolute Gasteiger partial charge is 0.508 e. The first-order chi connectivity index (χ1) is 26.3. The molecule has 0 bridgehead atoms. The fourth-order valence-corrected chi connectivity index (χ4v) is 5.14. The van der Waals surface area contributed by atoms with Crippen LogP contribution in [0.25, 0.3) is 0 Å². The van der Waals surface area contributed by atoms with Crippen LogP contribution in [0.15, 0.2) is 29.3 Å². The second-order valence-corrected chi connectivity index (χ2v) is 13.0. The van der Waals surface area contributed by atoms with E-state index in [9.17, 15) is 53.4 Å². The van der Waals surface area contributed by atoms with E-state index >= 15 is 0 Å². The molecule has 23 nitrogen and oxygen atoms in total. The zero-order valence-corrected chi connectivity index (χ0v) is 31.1. The summed E-state index contributed by atoms with van der Waals surface area (Å²) in [6, 6.07) is -2.02. The molecule has 0 fully saturated rings. The Morgan fingerprint density at radius 1 is 0.679 bits per heavy atom. The Morgan fingerprint density at radius 2 is 1.21 bits per heavy atom. The Kier molecular flexibility index (Phi) is 21.4. The van der Waals surface area contributed by atoms with Crippen LogP contribution >= 0.6 is 11.8 Å². The van der Waals surface area contributed by atoms with Crippen molar-refractivity contribution in [3.8, 4) is 5.75 Å². The molecule has 1 aromatic rings. The van der Waals surface area contributed by atoms with Crippen molar-refractivity contribution in [2.75, 3.05) is 31.6 Å². The number of carboxylic acids is 3. The first kappa shape index (κ1) is 47.9. The van der Waals surface area contributed by atoms with Crippen molar-refractivity contribution in [1.82, 2.24) is 31.9 Å². The van der Waals surface area contributed by atoms with Crippen LogP contribution in [0.3, 0.4) is 0 Å². The fourth-order valence-electron chi connectivity index (χ4n) is 4.66. The molecule has 56 heavy (non-hydrogen) atoms. The van der Waals surface area contributed by atoms with E-state index in [4.69, 9.17) is 27.4 Å². The van der Waals surface area contributed by atoms with Gasteiger partial charge in [-0.25, -0.2) is 0 Å². The number of hydrogen-bond acceptors (Lipinski definition) is 13. The minimum Gasteiger partial charge on any atom is -0.508 e. The normalized spacial score (nSPS) is 13.2. The quantitative estimate of drug-likeness (QED) is 0.0237. The van der Waals surface area contributed by atoms with Crippen molar-refractivity contribution < 1.29 is 63.6 Å². The standard InChI is InChI=1S/C32H48N10O13S/c1-56-10-8-20(40-27(51)18(33)12-24(45)46)29(53)37-14-23(44)39-21(11-16-4-6-17(43)7-5-16)30(54)42-22(13-25(47)48)31(55)41-19(3-2-9-36-32(34)35)28(52)38-15-26(49)50/h4-7,18-22,43H,2-3,8-15,33H2,1H3,(H,37,53)(H,38,52)(H,39,44)(H,40,51)(H,41,55)(H,42,54)(H,45,46)(H,47,48)(H,49,50)(H4,34,35,36)/t18-,19-,20-,21-,22-/m0/s1. The first-order valence-corrected chi connectivity index (χ1v) is 18.2. The van der Waals surface area contributed by atoms with Crippen LogP contribution in [0, 0.1) is 0 Å². The van der Waals surface area contributed by atoms with E-state index in [2.05, 4.69) is 36.9 Å². The molecule has 6 amide bonds. The lowest BCUT2D eigenvalue weighted by molar-refractivity contribution is -0.142. The lowest BCUT2D eigenvalue weighted by atomic mass is 10.0. The lowest BCUT2D eigenvalue weighted by Crippen LogP contribution is -2.58. The zero-order chi connectivity index (χ0) is 42.4. The summed E-state index contributed by atoms with van der Waals surface area (Å²) in [6.07, 6.45) is -0.176. The Morgan fingerprint density at radius 3 is 1.77 bits per heavy atom. The van der Waals surface area contributed by atoms with E-state index in [0.717, 1.165) is 0 Å². The number of carbonyl (C=O) groups is 9. The third-order valence-corrected chi connectivity index (χ3v) is 8.07. The van der Waals surface area contributed by atoms with E-state index < -0.39 is 109 Å². The van der Waals surface area contributed by atoms with Gasteiger partial charge in [-0.1, -0.05) is 12.1 Å². The van der Waals surface area contributed by atoms with E-state index in [-0.39, 0.29) is 43.9 Å². The number of carboxylic acid groups (broad SMARTS) is 3. The highest BCUT2D eigenvalue weighted by molar-refractivity contribution is 7.98. The number of phenolic OH excluding ortho intramolecular Hbond substituents is 1. The Balaban J connectivity index is 3.23. The second-order valence-electron chi connectivity index (χ2n) is 12.0. The number of phenols is 1. The third-order valence-electron chi connectivity index (χ3n) is 7.43. The molecule has 0 radical (unpaired) electrons. The van der Waals surface area contributed by atoms with Crippen molar-refractivity contribution in [2.24, 2.45) is 22.2 Å². The molecule has 0 spiro atoms. The summed E-state index contributed by atoms with van der Waals surface area (Å²) in [5.41, 5.74) is 16.6. The number of aromatic hydroxyl groups is 1. The van der Waals surface area contributed by atoms with Crippen molar-refractivity contribution in [1.29, 1.82) is 0 Å². The van der Waals surface area contributed by atoms with Gasteiger partial charge in [0.1, 0.15) is 36.5 Å². The van der Waals surface area contributed by atoms with Crippen molar-refractivity contribution in [3.05, 3.63) is 29.8 Å². The molecule has 0 aliphatic carbocycles. The van der Waals surface area contributed by atoms with Crippen LogP contribution in [0.5, 0.6) is 5.75 Å². The van der Waals surface area contributed by atoms with Gasteiger partial charge in [0, 0.05) is 13.0 Å². The minimum absolute atomic E-state index is 0.0172. The molecule has 0 aromatic heterocycles. The number of benzene rings is 1. The van der Waals surface area contributed by atoms with Crippen LogP contribution in [-0.2, 0) is 49.6 Å². The number of nitrogens with one attached hydrogen (secondary N) is 6. The molecule has 16 N–H and O–H groups in total. The van der Waals surface area contributed by atoms with E-state index in [0.29, 0.717) is 11.3 Å². The van der Waals surface area contributed by atoms with Gasteiger partial charge < -0.3 is 69.5 Å². The molecular formula is C32H48N10O13S. The van der Waals surface area contributed by atoms with Gasteiger partial charge >= 0.3 is 17.9 Å². The Bertz CT molecular complexity index is 1590. The molecule has 0 unspecified atom stereocenters. The topological polar surface area (TPSA) is 397 Å². The highest BCUT2D eigenvalue weighted by Gasteiger charge is 2.32. The third kappa shape index (κ3) is 19.8. The lowest BCUT2D eigenvalue weighted by Gasteiger charge is -2.25. The number of aliphatic carboxylic acids is 3. The van der Waals surface area contributed by atoms with Gasteiger partial charge in [0.2, 0.25) is 35.4 Å². The van der Waals surface area contributed by atoms with Gasteiger partial charge in [0.15, 0.2) is 5.96 Å². The molecule has 1 rings (SSSR count). The Labute approximate surface area is 324 Å². The van der Waals surface area contributed by atoms with Crippen molar-refractivity contribution >= 4 is 71.1 Å². The van der Waals surface area contributed by atoms with Crippen LogP contribution in [-0.4, -0.2) is 142 Å². The first-order valence-electron chi connectivity index (χ1n) is 16.8. The average molecular weight is 813 g/mol. The predicted molar refractivity (Wildman–Crippen MR) is 199 cm³/mol. The molecule has 0 heterocycles. The summed E-state index contributed by atoms with van der Waals surface area (Å²) >= 11 is 1.34. The molecule has 310 valence electrons. The van der Waals surface area contributed by atoms with Crippen LogP contribution in [0.2, 0.25) is 0 Å². The molecule has 5 atom stereocenters. The predicted octanol–water partition coefficient (Wildman–Crippen LogP) is -4.73. The van der Waals surface area contributed by atoms with Crippen molar-refractivity contribution in [2.45, 2.75) is 68.7 Å². The Hall–Kier alpha value is -6.17. The SMILES string of the molecule is CSCC[C@H](NC(=O)[C@@H](N)CC(=O)O)C(=O)NCC(=O)N[C@@H](Cc1ccc(O)cc1)C(=O)N[C@@H](CC(=O)O)C(=O)N[C@@H](CCCN=C(N)N)C(=O)NCC(=O)O. The van der Waals surface area contributed by atoms with E-state index in [1.165, 1.54) is 36.0 Å². The maximum absolute atomic E-state index is 13.6. The molecular weight excluding hydrogens is 764 g/mol. The monoisotopic (exact) mass is 812 g/mol. The molecule has 0 aliphatic heterocycles. The van der Waals surface area contributed by atoms with Crippen LogP contribution in [0.1, 0.15) is 37.7 Å². The summed E-state index contributed by atoms with van der Waals surface area (Å²) in [4.78, 5) is 116. The smallest absolute Gasteiger partial charge is 0.322 e. The van der Waals surface area contributed by atoms with Gasteiger partial charge in [-0.05, 0) is 49.0 Å². The minimum atomic E-state index is -1.83. The van der Waals surface area contributed by atoms with Gasteiger partial charge in [-0.2, -0.15) is 11.8 Å². The number of rotatable bonds is 26. The molecule has 24 heteroatoms. The van der Waals surface area contributed by atoms with Crippen molar-refractivity contribution in [3.63, 3.8) is 0 Å². The number of amides is 6. The molecule has 1 aromatic carbocycles. The zero-order valence-electron chi connectivity index (χ0n) is 30.3. The van der Waals surface area contributed by atoms with Crippen LogP contribution in [0.4, 0.5) is 0 Å². The number of guanidine groups is 1. The summed E-state index contributed by atoms with van der Waals surface area (Å²) in [5.74, 6) is -10.1. The number of nitrogens with zero attached hydrogens (tertiary/aromatic N) is 1. The highest BCUT2D eigenvalue weighted by atomic mass is 32.2. The number of nitrogens with two attached hydrogens (primary N) is 3. The maximum atomic E-state index is 13.6. The summed E-state index contributed by atoms with van der Waals surface area (Å²) in [7, 11) is 0. The van der Waals surface area contributed by atoms with Gasteiger partial charge in [0.25, 0.3) is 0 Å². The second kappa shape index (κ2) is 25.0. The van der Waals surface area contributed by atoms with Gasteiger partial charge in [-0.15, -0.1) is 0 Å². The van der Waals surface area contributed by atoms with Crippen LogP contribution < -0.4 is 49.1 Å². The average Bonchev–Trinajstić information content (AvgIpc) is 3.11. The maximum Gasteiger partial charge on any atom is 0.322 e. The van der Waals surface area contributed by atoms with Gasteiger partial charge in [-0.3, -0.25) is 48.1 Å². The number of carbonyl (C=O) groups excluding carboxylic acids is 6. The van der Waals surface area contributed by atoms with E-state index in [1.54, 1.807) is 6.26 Å². The molecule has 0 saturated heterocycles. The summed E-state index contributed by atoms with van der Waals surface area (Å²) < 4.78 is 0. The highest BCUT2D eigenvalue weighted by Crippen LogP contribution is 2.12. The number of hydrogen-bond donors (Lipinski definition) is 13. The molecule has 0 saturated carbocycles. The number of aliphatic imine (C=N–C) groups is 1. The molecule has 0 aliphatic rings. The fraction of sp³-hybridized carbons (Fsp3) is 0.500. The van der Waals surface area contributed by atoms with E-state index in [1.807, 2.05) is 0 Å². The number of thioether (sulfide) groups is 1.